The third-order valence-corrected chi connectivity index (χ3v) is 4.21. The number of hydrogen-bond donors (Lipinski definition) is 1. The van der Waals surface area contributed by atoms with Gasteiger partial charge in [0.25, 0.3) is 0 Å². The van der Waals surface area contributed by atoms with Crippen LogP contribution < -0.4 is 5.32 Å². The molecule has 3 heteroatoms. The van der Waals surface area contributed by atoms with E-state index in [0.717, 1.165) is 38.0 Å². The van der Waals surface area contributed by atoms with E-state index >= 15 is 0 Å². The monoisotopic (exact) mass is 279 g/mol. The van der Waals surface area contributed by atoms with Gasteiger partial charge in [0.05, 0.1) is 6.10 Å². The van der Waals surface area contributed by atoms with E-state index in [9.17, 15) is 4.39 Å². The molecule has 20 heavy (non-hydrogen) atoms. The summed E-state index contributed by atoms with van der Waals surface area (Å²) in [4.78, 5) is 0. The minimum atomic E-state index is -0.105. The second-order valence-electron chi connectivity index (χ2n) is 5.77. The minimum absolute atomic E-state index is 0.105. The molecule has 0 amide bonds. The van der Waals surface area contributed by atoms with Crippen molar-refractivity contribution in [2.45, 2.75) is 52.2 Å². The van der Waals surface area contributed by atoms with Gasteiger partial charge in [-0.1, -0.05) is 19.1 Å². The number of hydrogen-bond acceptors (Lipinski definition) is 2. The van der Waals surface area contributed by atoms with Crippen LogP contribution in [0.25, 0.3) is 0 Å². The lowest BCUT2D eigenvalue weighted by Gasteiger charge is -2.37. The maximum atomic E-state index is 13.7. The summed E-state index contributed by atoms with van der Waals surface area (Å²) in [6, 6.07) is 5.85. The van der Waals surface area contributed by atoms with Crippen LogP contribution in [0.2, 0.25) is 0 Å². The van der Waals surface area contributed by atoms with Crippen LogP contribution in [0.15, 0.2) is 18.2 Å². The fraction of sp³-hybridized carbons (Fsp3) is 0.647. The van der Waals surface area contributed by atoms with E-state index in [-0.39, 0.29) is 11.9 Å². The zero-order chi connectivity index (χ0) is 14.5. The summed E-state index contributed by atoms with van der Waals surface area (Å²) in [5, 5.41) is 3.48. The zero-order valence-electron chi connectivity index (χ0n) is 12.8. The second kappa shape index (κ2) is 7.19. The molecule has 0 aromatic heterocycles. The average molecular weight is 279 g/mol. The van der Waals surface area contributed by atoms with Crippen molar-refractivity contribution in [2.24, 2.45) is 5.92 Å². The Hall–Kier alpha value is -0.930. The summed E-state index contributed by atoms with van der Waals surface area (Å²) >= 11 is 0. The van der Waals surface area contributed by atoms with Crippen LogP contribution in [0.3, 0.4) is 0 Å². The molecule has 0 saturated heterocycles. The quantitative estimate of drug-likeness (QED) is 0.815. The molecule has 1 aromatic carbocycles. The molecule has 1 aromatic rings. The normalized spacial score (nSPS) is 23.4. The first kappa shape index (κ1) is 15.5. The lowest BCUT2D eigenvalue weighted by atomic mass is 9.77. The van der Waals surface area contributed by atoms with E-state index in [4.69, 9.17) is 4.74 Å². The van der Waals surface area contributed by atoms with Gasteiger partial charge >= 0.3 is 0 Å². The largest absolute Gasteiger partial charge is 0.378 e. The highest BCUT2D eigenvalue weighted by atomic mass is 19.1. The van der Waals surface area contributed by atoms with Gasteiger partial charge in [-0.2, -0.15) is 0 Å². The van der Waals surface area contributed by atoms with Gasteiger partial charge in [-0.05, 0) is 62.8 Å². The average Bonchev–Trinajstić information content (AvgIpc) is 2.38. The van der Waals surface area contributed by atoms with Crippen molar-refractivity contribution in [3.05, 3.63) is 35.1 Å². The lowest BCUT2D eigenvalue weighted by molar-refractivity contribution is -0.0291. The van der Waals surface area contributed by atoms with Crippen molar-refractivity contribution in [3.63, 3.8) is 0 Å². The molecule has 0 heterocycles. The molecule has 0 bridgehead atoms. The van der Waals surface area contributed by atoms with Crippen LogP contribution in [0, 0.1) is 18.7 Å². The maximum absolute atomic E-state index is 13.7. The molecule has 1 aliphatic carbocycles. The number of nitrogens with one attached hydrogen (secondary N) is 1. The van der Waals surface area contributed by atoms with Crippen molar-refractivity contribution in [2.75, 3.05) is 13.2 Å². The van der Waals surface area contributed by atoms with Crippen LogP contribution in [-0.4, -0.2) is 19.3 Å². The number of ether oxygens (including phenoxy) is 1. The molecule has 1 saturated carbocycles. The second-order valence-corrected chi connectivity index (χ2v) is 5.77. The smallest absolute Gasteiger partial charge is 0.126 e. The third-order valence-electron chi connectivity index (χ3n) is 4.21. The summed E-state index contributed by atoms with van der Waals surface area (Å²) in [6.45, 7) is 7.66. The van der Waals surface area contributed by atoms with Gasteiger partial charge in [0.1, 0.15) is 5.82 Å². The molecular formula is C17H26FNO. The molecule has 1 N–H and O–H groups in total. The third kappa shape index (κ3) is 3.80. The van der Waals surface area contributed by atoms with Crippen molar-refractivity contribution < 1.29 is 9.13 Å². The highest BCUT2D eigenvalue weighted by molar-refractivity contribution is 5.26. The Bertz CT molecular complexity index is 429. The van der Waals surface area contributed by atoms with E-state index in [1.165, 1.54) is 0 Å². The molecule has 112 valence electrons. The predicted octanol–water partition coefficient (Wildman–Crippen LogP) is 3.99. The van der Waals surface area contributed by atoms with Crippen molar-refractivity contribution >= 4 is 0 Å². The molecule has 1 aliphatic rings. The standard InChI is InChI=1S/C17H26FNO/c1-4-19-17(10-13-8-15(9-13)20-5-2)14-7-6-12(3)16(18)11-14/h6-7,11,13,15,17,19H,4-5,8-10H2,1-3H3. The molecule has 1 atom stereocenters. The number of halogens is 1. The van der Waals surface area contributed by atoms with Gasteiger partial charge < -0.3 is 10.1 Å². The Labute approximate surface area is 121 Å². The predicted molar refractivity (Wildman–Crippen MR) is 80.3 cm³/mol. The molecule has 0 aliphatic heterocycles. The number of aryl methyl sites for hydroxylation is 1. The van der Waals surface area contributed by atoms with E-state index in [2.05, 4.69) is 12.2 Å². The topological polar surface area (TPSA) is 21.3 Å². The molecule has 1 unspecified atom stereocenters. The number of benzene rings is 1. The fourth-order valence-corrected chi connectivity index (χ4v) is 2.98. The Morgan fingerprint density at radius 3 is 2.70 bits per heavy atom. The maximum Gasteiger partial charge on any atom is 0.126 e. The molecule has 1 fully saturated rings. The van der Waals surface area contributed by atoms with Crippen LogP contribution in [-0.2, 0) is 4.74 Å². The SMILES string of the molecule is CCNC(CC1CC(OCC)C1)c1ccc(C)c(F)c1. The summed E-state index contributed by atoms with van der Waals surface area (Å²) in [5.74, 6) is 0.589. The summed E-state index contributed by atoms with van der Waals surface area (Å²) in [7, 11) is 0. The highest BCUT2D eigenvalue weighted by Gasteiger charge is 2.31. The van der Waals surface area contributed by atoms with E-state index < -0.39 is 0 Å². The molecule has 2 rings (SSSR count). The van der Waals surface area contributed by atoms with Gasteiger partial charge in [0.15, 0.2) is 0 Å². The van der Waals surface area contributed by atoms with Gasteiger partial charge in [-0.3, -0.25) is 0 Å². The van der Waals surface area contributed by atoms with Crippen LogP contribution in [0.5, 0.6) is 0 Å². The van der Waals surface area contributed by atoms with Gasteiger partial charge in [0.2, 0.25) is 0 Å². The fourth-order valence-electron chi connectivity index (χ4n) is 2.98. The highest BCUT2D eigenvalue weighted by Crippen LogP contribution is 2.37. The Kier molecular flexibility index (Phi) is 5.55. The molecule has 0 radical (unpaired) electrons. The molecule has 0 spiro atoms. The summed E-state index contributed by atoms with van der Waals surface area (Å²) in [5.41, 5.74) is 1.78. The van der Waals surface area contributed by atoms with Crippen molar-refractivity contribution in [1.82, 2.24) is 5.32 Å². The Balaban J connectivity index is 1.95. The Morgan fingerprint density at radius 2 is 2.10 bits per heavy atom. The summed E-state index contributed by atoms with van der Waals surface area (Å²) < 4.78 is 19.3. The van der Waals surface area contributed by atoms with Crippen LogP contribution in [0.1, 0.15) is 50.3 Å². The van der Waals surface area contributed by atoms with Crippen LogP contribution in [0.4, 0.5) is 4.39 Å². The molecular weight excluding hydrogens is 253 g/mol. The zero-order valence-corrected chi connectivity index (χ0v) is 12.8. The van der Waals surface area contributed by atoms with E-state index in [0.29, 0.717) is 17.6 Å². The Morgan fingerprint density at radius 1 is 1.35 bits per heavy atom. The molecule has 2 nitrogen and oxygen atoms in total. The number of rotatable bonds is 7. The van der Waals surface area contributed by atoms with Gasteiger partial charge in [-0.15, -0.1) is 0 Å². The van der Waals surface area contributed by atoms with Gasteiger partial charge in [0, 0.05) is 12.6 Å². The van der Waals surface area contributed by atoms with Crippen molar-refractivity contribution in [1.29, 1.82) is 0 Å². The first-order valence-corrected chi connectivity index (χ1v) is 7.75. The summed E-state index contributed by atoms with van der Waals surface area (Å²) in [6.07, 6.45) is 3.80. The minimum Gasteiger partial charge on any atom is -0.378 e. The van der Waals surface area contributed by atoms with Crippen LogP contribution >= 0.6 is 0 Å². The lowest BCUT2D eigenvalue weighted by Crippen LogP contribution is -2.34. The first-order valence-electron chi connectivity index (χ1n) is 7.75. The van der Waals surface area contributed by atoms with Gasteiger partial charge in [-0.25, -0.2) is 4.39 Å². The first-order chi connectivity index (χ1) is 9.63. The van der Waals surface area contributed by atoms with Crippen molar-refractivity contribution in [3.8, 4) is 0 Å². The van der Waals surface area contributed by atoms with E-state index in [1.54, 1.807) is 13.0 Å². The van der Waals surface area contributed by atoms with E-state index in [1.807, 2.05) is 19.1 Å².